The predicted octanol–water partition coefficient (Wildman–Crippen LogP) is 0.983. The Labute approximate surface area is 114 Å². The third-order valence-corrected chi connectivity index (χ3v) is 2.38. The lowest BCUT2D eigenvalue weighted by Gasteiger charge is -2.06. The number of nitro benzene ring substituents is 1. The zero-order chi connectivity index (χ0) is 15.1. The fraction of sp³-hybridized carbons (Fsp3) is 0.333. The van der Waals surface area contributed by atoms with Crippen molar-refractivity contribution in [2.24, 2.45) is 0 Å². The van der Waals surface area contributed by atoms with Crippen LogP contribution in [0.1, 0.15) is 23.7 Å². The van der Waals surface area contributed by atoms with Gasteiger partial charge in [0.2, 0.25) is 5.75 Å². The normalized spacial score (nSPS) is 9.85. The van der Waals surface area contributed by atoms with Gasteiger partial charge in [-0.25, -0.2) is 0 Å². The van der Waals surface area contributed by atoms with E-state index in [1.165, 1.54) is 12.1 Å². The number of phenols is 1. The zero-order valence-corrected chi connectivity index (χ0v) is 10.8. The number of para-hydroxylation sites is 1. The first-order valence-corrected chi connectivity index (χ1v) is 5.87. The van der Waals surface area contributed by atoms with Crippen molar-refractivity contribution in [3.63, 3.8) is 0 Å². The summed E-state index contributed by atoms with van der Waals surface area (Å²) in [5.41, 5.74) is -0.772. The van der Waals surface area contributed by atoms with Crippen LogP contribution >= 0.6 is 0 Å². The molecule has 20 heavy (non-hydrogen) atoms. The van der Waals surface area contributed by atoms with E-state index in [2.05, 4.69) is 10.1 Å². The number of hydrogen-bond acceptors (Lipinski definition) is 6. The molecule has 108 valence electrons. The zero-order valence-electron chi connectivity index (χ0n) is 10.8. The smallest absolute Gasteiger partial charge is 0.311 e. The second kappa shape index (κ2) is 7.07. The molecule has 0 aromatic heterocycles. The minimum Gasteiger partial charge on any atom is -0.502 e. The van der Waals surface area contributed by atoms with E-state index in [-0.39, 0.29) is 25.1 Å². The van der Waals surface area contributed by atoms with Gasteiger partial charge in [0.15, 0.2) is 0 Å². The number of carbonyl (C=O) groups excluding carboxylic acids is 2. The number of benzene rings is 1. The highest BCUT2D eigenvalue weighted by atomic mass is 16.6. The number of rotatable bonds is 6. The highest BCUT2D eigenvalue weighted by Gasteiger charge is 2.20. The number of phenolic OH excluding ortho intramolecular Hbond substituents is 1. The van der Waals surface area contributed by atoms with Crippen molar-refractivity contribution in [3.8, 4) is 5.75 Å². The molecule has 0 saturated heterocycles. The van der Waals surface area contributed by atoms with E-state index >= 15 is 0 Å². The molecule has 0 saturated carbocycles. The molecule has 8 nitrogen and oxygen atoms in total. The van der Waals surface area contributed by atoms with E-state index in [1.807, 2.05) is 0 Å². The third kappa shape index (κ3) is 3.94. The monoisotopic (exact) mass is 282 g/mol. The van der Waals surface area contributed by atoms with Crippen molar-refractivity contribution in [1.29, 1.82) is 0 Å². The van der Waals surface area contributed by atoms with Gasteiger partial charge in [0.25, 0.3) is 5.91 Å². The first-order chi connectivity index (χ1) is 9.47. The van der Waals surface area contributed by atoms with Gasteiger partial charge in [-0.05, 0) is 13.0 Å². The fourth-order valence-electron chi connectivity index (χ4n) is 1.47. The molecule has 0 heterocycles. The van der Waals surface area contributed by atoms with Crippen LogP contribution < -0.4 is 5.32 Å². The third-order valence-electron chi connectivity index (χ3n) is 2.38. The van der Waals surface area contributed by atoms with E-state index < -0.39 is 28.2 Å². The largest absolute Gasteiger partial charge is 0.502 e. The average Bonchev–Trinajstić information content (AvgIpc) is 2.38. The van der Waals surface area contributed by atoms with Gasteiger partial charge >= 0.3 is 11.7 Å². The Hall–Kier alpha value is -2.64. The highest BCUT2D eigenvalue weighted by Crippen LogP contribution is 2.28. The lowest BCUT2D eigenvalue weighted by Crippen LogP contribution is -2.26. The Balaban J connectivity index is 2.67. The van der Waals surface area contributed by atoms with Crippen LogP contribution in [0.4, 0.5) is 5.69 Å². The first kappa shape index (κ1) is 15.4. The van der Waals surface area contributed by atoms with Crippen LogP contribution in [0.2, 0.25) is 0 Å². The van der Waals surface area contributed by atoms with Crippen molar-refractivity contribution < 1.29 is 24.4 Å². The number of nitrogens with one attached hydrogen (secondary N) is 1. The number of hydrogen-bond donors (Lipinski definition) is 2. The number of nitrogens with zero attached hydrogens (tertiary/aromatic N) is 1. The number of esters is 1. The molecule has 0 aliphatic carbocycles. The fourth-order valence-corrected chi connectivity index (χ4v) is 1.47. The predicted molar refractivity (Wildman–Crippen MR) is 68.3 cm³/mol. The summed E-state index contributed by atoms with van der Waals surface area (Å²) in [5.74, 6) is -1.86. The lowest BCUT2D eigenvalue weighted by atomic mass is 10.1. The minimum atomic E-state index is -0.787. The number of nitro groups is 1. The molecule has 1 amide bonds. The molecule has 0 spiro atoms. The Morgan fingerprint density at radius 1 is 1.45 bits per heavy atom. The molecule has 0 unspecified atom stereocenters. The standard InChI is InChI=1S/C12H14N2O6/c1-2-20-10(15)6-7-13-12(17)8-4-3-5-9(11(8)16)14(18)19/h3-5,16H,2,6-7H2,1H3,(H,13,17). The van der Waals surface area contributed by atoms with E-state index in [0.29, 0.717) is 0 Å². The van der Waals surface area contributed by atoms with Gasteiger partial charge in [0, 0.05) is 12.6 Å². The second-order valence-electron chi connectivity index (χ2n) is 3.74. The molecular formula is C12H14N2O6. The van der Waals surface area contributed by atoms with E-state index in [4.69, 9.17) is 0 Å². The van der Waals surface area contributed by atoms with Crippen molar-refractivity contribution in [2.75, 3.05) is 13.2 Å². The maximum absolute atomic E-state index is 11.7. The highest BCUT2D eigenvalue weighted by molar-refractivity contribution is 5.98. The molecule has 0 aliphatic heterocycles. The summed E-state index contributed by atoms with van der Waals surface area (Å²) in [5, 5.41) is 22.6. The number of aromatic hydroxyl groups is 1. The van der Waals surface area contributed by atoms with Crippen molar-refractivity contribution in [2.45, 2.75) is 13.3 Å². The molecule has 0 fully saturated rings. The van der Waals surface area contributed by atoms with Gasteiger partial charge in [-0.2, -0.15) is 0 Å². The van der Waals surface area contributed by atoms with Gasteiger partial charge < -0.3 is 15.2 Å². The summed E-state index contributed by atoms with van der Waals surface area (Å²) in [6.45, 7) is 1.93. The van der Waals surface area contributed by atoms with Crippen LogP contribution in [0.15, 0.2) is 18.2 Å². The molecule has 1 aromatic carbocycles. The van der Waals surface area contributed by atoms with E-state index in [9.17, 15) is 24.8 Å². The quantitative estimate of drug-likeness (QED) is 0.456. The van der Waals surface area contributed by atoms with Crippen LogP contribution in [-0.2, 0) is 9.53 Å². The molecule has 0 atom stereocenters. The Morgan fingerprint density at radius 2 is 2.15 bits per heavy atom. The van der Waals surface area contributed by atoms with Crippen molar-refractivity contribution in [3.05, 3.63) is 33.9 Å². The average molecular weight is 282 g/mol. The summed E-state index contributed by atoms with van der Waals surface area (Å²) in [6, 6.07) is 3.63. The lowest BCUT2D eigenvalue weighted by molar-refractivity contribution is -0.385. The number of amides is 1. The maximum atomic E-state index is 11.7. The molecule has 1 rings (SSSR count). The molecule has 2 N–H and O–H groups in total. The SMILES string of the molecule is CCOC(=O)CCNC(=O)c1cccc([N+](=O)[O-])c1O. The molecule has 0 aliphatic rings. The van der Waals surface area contributed by atoms with Gasteiger partial charge in [-0.15, -0.1) is 0 Å². The first-order valence-electron chi connectivity index (χ1n) is 5.87. The molecular weight excluding hydrogens is 268 g/mol. The Morgan fingerprint density at radius 3 is 2.75 bits per heavy atom. The van der Waals surface area contributed by atoms with Crippen LogP contribution in [0.25, 0.3) is 0 Å². The molecule has 0 bridgehead atoms. The van der Waals surface area contributed by atoms with Gasteiger partial charge in [0.05, 0.1) is 23.5 Å². The Kier molecular flexibility index (Phi) is 5.45. The Bertz CT molecular complexity index is 529. The van der Waals surface area contributed by atoms with Crippen molar-refractivity contribution in [1.82, 2.24) is 5.32 Å². The van der Waals surface area contributed by atoms with Crippen LogP contribution in [0.3, 0.4) is 0 Å². The van der Waals surface area contributed by atoms with E-state index in [0.717, 1.165) is 6.07 Å². The van der Waals surface area contributed by atoms with Gasteiger partial charge in [0.1, 0.15) is 0 Å². The second-order valence-corrected chi connectivity index (χ2v) is 3.74. The summed E-state index contributed by atoms with van der Waals surface area (Å²) >= 11 is 0. The maximum Gasteiger partial charge on any atom is 0.311 e. The summed E-state index contributed by atoms with van der Waals surface area (Å²) in [7, 11) is 0. The number of carbonyl (C=O) groups is 2. The van der Waals surface area contributed by atoms with Gasteiger partial charge in [-0.1, -0.05) is 6.07 Å². The van der Waals surface area contributed by atoms with E-state index in [1.54, 1.807) is 6.92 Å². The summed E-state index contributed by atoms with van der Waals surface area (Å²) in [6.07, 6.45) is -0.0186. The van der Waals surface area contributed by atoms with Crippen LogP contribution in [0.5, 0.6) is 5.75 Å². The molecule has 0 radical (unpaired) electrons. The summed E-state index contributed by atoms with van der Waals surface area (Å²) < 4.78 is 4.67. The number of ether oxygens (including phenoxy) is 1. The summed E-state index contributed by atoms with van der Waals surface area (Å²) in [4.78, 5) is 32.6. The van der Waals surface area contributed by atoms with Crippen molar-refractivity contribution >= 4 is 17.6 Å². The van der Waals surface area contributed by atoms with Gasteiger partial charge in [-0.3, -0.25) is 19.7 Å². The van der Waals surface area contributed by atoms with Crippen LogP contribution in [0, 0.1) is 10.1 Å². The topological polar surface area (TPSA) is 119 Å². The van der Waals surface area contributed by atoms with Crippen LogP contribution in [-0.4, -0.2) is 35.1 Å². The minimum absolute atomic E-state index is 0.0137. The molecule has 1 aromatic rings. The molecule has 8 heteroatoms.